The lowest BCUT2D eigenvalue weighted by Crippen LogP contribution is -2.48. The first-order chi connectivity index (χ1) is 29.6. The second kappa shape index (κ2) is 50.2. The molecule has 0 rings (SSSR count). The van der Waals surface area contributed by atoms with Gasteiger partial charge in [0.15, 0.2) is 0 Å². The van der Waals surface area contributed by atoms with Crippen molar-refractivity contribution in [2.45, 2.75) is 302 Å². The summed E-state index contributed by atoms with van der Waals surface area (Å²) in [6.07, 6.45) is 65.0. The summed E-state index contributed by atoms with van der Waals surface area (Å²) in [5.74, 6) is -0.510. The van der Waals surface area contributed by atoms with Crippen LogP contribution in [0, 0.1) is 0 Å². The van der Waals surface area contributed by atoms with Crippen molar-refractivity contribution in [3.8, 4) is 0 Å². The Morgan fingerprint density at radius 1 is 0.400 bits per heavy atom. The molecular formula is C55H105NO4. The number of carbonyl (C=O) groups excluding carboxylic acids is 1. The molecule has 0 aliphatic carbocycles. The van der Waals surface area contributed by atoms with Crippen LogP contribution in [-0.4, -0.2) is 46.1 Å². The molecule has 0 aromatic rings. The molecule has 3 unspecified atom stereocenters. The van der Waals surface area contributed by atoms with Crippen LogP contribution in [0.5, 0.6) is 0 Å². The highest BCUT2D eigenvalue weighted by atomic mass is 16.3. The van der Waals surface area contributed by atoms with Gasteiger partial charge in [0.1, 0.15) is 6.10 Å². The third-order valence-electron chi connectivity index (χ3n) is 12.5. The van der Waals surface area contributed by atoms with Crippen LogP contribution in [0.1, 0.15) is 284 Å². The van der Waals surface area contributed by atoms with Crippen molar-refractivity contribution in [2.75, 3.05) is 6.61 Å². The Morgan fingerprint density at radius 3 is 1.02 bits per heavy atom. The number of aliphatic hydroxyl groups is 3. The van der Waals surface area contributed by atoms with Gasteiger partial charge in [0.05, 0.1) is 18.8 Å². The molecule has 0 aromatic heterocycles. The fourth-order valence-corrected chi connectivity index (χ4v) is 8.26. The van der Waals surface area contributed by atoms with Crippen molar-refractivity contribution in [1.82, 2.24) is 5.32 Å². The molecule has 60 heavy (non-hydrogen) atoms. The van der Waals surface area contributed by atoms with Crippen molar-refractivity contribution in [1.29, 1.82) is 0 Å². The zero-order valence-corrected chi connectivity index (χ0v) is 40.4. The molecule has 0 heterocycles. The second-order valence-corrected chi connectivity index (χ2v) is 18.4. The van der Waals surface area contributed by atoms with E-state index in [2.05, 4.69) is 43.5 Å². The number of hydrogen-bond donors (Lipinski definition) is 4. The minimum atomic E-state index is -1.11. The lowest BCUT2D eigenvalue weighted by atomic mass is 10.0. The molecule has 0 fully saturated rings. The van der Waals surface area contributed by atoms with Crippen molar-refractivity contribution < 1.29 is 20.1 Å². The molecule has 0 saturated carbocycles. The Morgan fingerprint density at radius 2 is 0.683 bits per heavy atom. The Kier molecular flexibility index (Phi) is 49.0. The molecule has 5 nitrogen and oxygen atoms in total. The van der Waals surface area contributed by atoms with Gasteiger partial charge >= 0.3 is 0 Å². The lowest BCUT2D eigenvalue weighted by Gasteiger charge is -2.21. The summed E-state index contributed by atoms with van der Waals surface area (Å²) in [6.45, 7) is 4.19. The van der Waals surface area contributed by atoms with Gasteiger partial charge in [0, 0.05) is 0 Å². The zero-order valence-electron chi connectivity index (χ0n) is 40.4. The summed E-state index contributed by atoms with van der Waals surface area (Å²) in [7, 11) is 0. The fourth-order valence-electron chi connectivity index (χ4n) is 8.26. The number of nitrogens with one attached hydrogen (secondary N) is 1. The molecule has 3 atom stereocenters. The summed E-state index contributed by atoms with van der Waals surface area (Å²) in [6, 6.07) is -0.814. The number of allylic oxidation sites excluding steroid dienone is 5. The maximum Gasteiger partial charge on any atom is 0.249 e. The molecule has 0 radical (unpaired) electrons. The maximum absolute atomic E-state index is 12.5. The predicted octanol–water partition coefficient (Wildman–Crippen LogP) is 16.3. The van der Waals surface area contributed by atoms with Crippen LogP contribution >= 0.6 is 0 Å². The van der Waals surface area contributed by atoms with E-state index in [4.69, 9.17) is 0 Å². The molecule has 4 N–H and O–H groups in total. The molecule has 0 aliphatic heterocycles. The van der Waals surface area contributed by atoms with Crippen LogP contribution in [0.2, 0.25) is 0 Å². The van der Waals surface area contributed by atoms with Crippen LogP contribution in [0.25, 0.3) is 0 Å². The number of carbonyl (C=O) groups is 1. The van der Waals surface area contributed by atoms with E-state index < -0.39 is 24.2 Å². The van der Waals surface area contributed by atoms with E-state index in [-0.39, 0.29) is 6.61 Å². The molecule has 0 bridgehead atoms. The summed E-state index contributed by atoms with van der Waals surface area (Å²) >= 11 is 0. The smallest absolute Gasteiger partial charge is 0.249 e. The quantitative estimate of drug-likeness (QED) is 0.0363. The molecule has 0 saturated heterocycles. The van der Waals surface area contributed by atoms with Gasteiger partial charge in [-0.05, 0) is 57.8 Å². The minimum Gasteiger partial charge on any atom is -0.394 e. The highest BCUT2D eigenvalue weighted by Gasteiger charge is 2.22. The Labute approximate surface area is 374 Å². The third kappa shape index (κ3) is 44.6. The van der Waals surface area contributed by atoms with Crippen LogP contribution < -0.4 is 5.32 Å². The Bertz CT molecular complexity index is 931. The van der Waals surface area contributed by atoms with E-state index in [0.29, 0.717) is 6.42 Å². The van der Waals surface area contributed by atoms with Gasteiger partial charge in [-0.1, -0.05) is 262 Å². The average Bonchev–Trinajstić information content (AvgIpc) is 3.25. The van der Waals surface area contributed by atoms with Crippen molar-refractivity contribution in [3.05, 3.63) is 36.5 Å². The standard InChI is InChI=1S/C55H105NO4/c1-3-5-7-9-11-13-15-17-19-21-22-23-24-25-26-27-28-29-30-31-32-34-36-38-40-42-44-46-48-50-54(59)55(60)56-52(51-57)53(58)49-47-45-43-41-39-37-35-33-20-18-16-14-12-10-8-6-4-2/h25-26,39,41,47,49,52-54,57-59H,3-24,27-38,40,42-46,48,50-51H2,1-2H3,(H,56,60)/b26-25-,41-39+,49-47+. The van der Waals surface area contributed by atoms with E-state index >= 15 is 0 Å². The first-order valence-corrected chi connectivity index (χ1v) is 26.8. The predicted molar refractivity (Wildman–Crippen MR) is 264 cm³/mol. The largest absolute Gasteiger partial charge is 0.394 e. The van der Waals surface area contributed by atoms with Gasteiger partial charge in [-0.2, -0.15) is 0 Å². The van der Waals surface area contributed by atoms with E-state index in [1.165, 1.54) is 225 Å². The van der Waals surface area contributed by atoms with Crippen LogP contribution in [0.15, 0.2) is 36.5 Å². The molecule has 1 amide bonds. The van der Waals surface area contributed by atoms with Gasteiger partial charge in [-0.25, -0.2) is 0 Å². The van der Waals surface area contributed by atoms with E-state index in [1.807, 2.05) is 6.08 Å². The normalized spacial score (nSPS) is 13.6. The van der Waals surface area contributed by atoms with Crippen molar-refractivity contribution in [3.63, 3.8) is 0 Å². The lowest BCUT2D eigenvalue weighted by molar-refractivity contribution is -0.131. The molecular weight excluding hydrogens is 739 g/mol. The zero-order chi connectivity index (χ0) is 43.7. The Hall–Kier alpha value is -1.43. The van der Waals surface area contributed by atoms with Gasteiger partial charge < -0.3 is 20.6 Å². The summed E-state index contributed by atoms with van der Waals surface area (Å²) in [5, 5.41) is 33.3. The van der Waals surface area contributed by atoms with E-state index in [0.717, 1.165) is 38.5 Å². The summed E-state index contributed by atoms with van der Waals surface area (Å²) in [4.78, 5) is 12.5. The molecule has 0 spiro atoms. The monoisotopic (exact) mass is 844 g/mol. The van der Waals surface area contributed by atoms with Gasteiger partial charge in [0.2, 0.25) is 5.91 Å². The van der Waals surface area contributed by atoms with Crippen LogP contribution in [-0.2, 0) is 4.79 Å². The number of unbranched alkanes of at least 4 members (excludes halogenated alkanes) is 37. The molecule has 354 valence electrons. The highest BCUT2D eigenvalue weighted by molar-refractivity contribution is 5.80. The van der Waals surface area contributed by atoms with Gasteiger partial charge in [-0.15, -0.1) is 0 Å². The van der Waals surface area contributed by atoms with Gasteiger partial charge in [-0.3, -0.25) is 4.79 Å². The molecule has 5 heteroatoms. The number of aliphatic hydroxyl groups excluding tert-OH is 3. The first-order valence-electron chi connectivity index (χ1n) is 26.8. The topological polar surface area (TPSA) is 89.8 Å². The minimum absolute atomic E-state index is 0.375. The number of amides is 1. The second-order valence-electron chi connectivity index (χ2n) is 18.4. The highest BCUT2D eigenvalue weighted by Crippen LogP contribution is 2.16. The van der Waals surface area contributed by atoms with Crippen molar-refractivity contribution in [2.24, 2.45) is 0 Å². The van der Waals surface area contributed by atoms with E-state index in [9.17, 15) is 20.1 Å². The van der Waals surface area contributed by atoms with Gasteiger partial charge in [0.25, 0.3) is 0 Å². The summed E-state index contributed by atoms with van der Waals surface area (Å²) in [5.41, 5.74) is 0. The summed E-state index contributed by atoms with van der Waals surface area (Å²) < 4.78 is 0. The van der Waals surface area contributed by atoms with E-state index in [1.54, 1.807) is 6.08 Å². The maximum atomic E-state index is 12.5. The molecule has 0 aliphatic rings. The average molecular weight is 844 g/mol. The van der Waals surface area contributed by atoms with Crippen LogP contribution in [0.3, 0.4) is 0 Å². The van der Waals surface area contributed by atoms with Crippen LogP contribution in [0.4, 0.5) is 0 Å². The first kappa shape index (κ1) is 58.6. The SMILES string of the molecule is CCCCCCCCCCCCC/C=C/CC/C=C/C(O)C(CO)NC(=O)C(O)CCCCCCCCCCCCCCC/C=C\CCCCCCCCCCCCCC. The number of hydrogen-bond acceptors (Lipinski definition) is 4. The Balaban J connectivity index is 3.58. The third-order valence-corrected chi connectivity index (χ3v) is 12.5. The van der Waals surface area contributed by atoms with Crippen molar-refractivity contribution >= 4 is 5.91 Å². The fraction of sp³-hybridized carbons (Fsp3) is 0.873. The number of rotatable bonds is 49. The molecule has 0 aromatic carbocycles.